The summed E-state index contributed by atoms with van der Waals surface area (Å²) in [5, 5.41) is 7.93. The van der Waals surface area contributed by atoms with Gasteiger partial charge in [0.1, 0.15) is 0 Å². The molecule has 2 rings (SSSR count). The fourth-order valence-corrected chi connectivity index (χ4v) is 4.11. The Bertz CT molecular complexity index is 354. The monoisotopic (exact) mass is 327 g/mol. The number of piperazine rings is 1. The maximum Gasteiger partial charge on any atom is 0.191 e. The van der Waals surface area contributed by atoms with E-state index in [4.69, 9.17) is 0 Å². The molecule has 2 fully saturated rings. The summed E-state index contributed by atoms with van der Waals surface area (Å²) in [4.78, 5) is 9.36. The molecule has 3 unspecified atom stereocenters. The van der Waals surface area contributed by atoms with Crippen molar-refractivity contribution >= 4 is 17.7 Å². The number of guanidine groups is 1. The molecular weight excluding hydrogens is 294 g/mol. The third-order valence-electron chi connectivity index (χ3n) is 5.01. The van der Waals surface area contributed by atoms with E-state index in [1.54, 1.807) is 0 Å². The molecular formula is C16H33N5S. The lowest BCUT2D eigenvalue weighted by Crippen LogP contribution is -2.53. The van der Waals surface area contributed by atoms with Gasteiger partial charge < -0.3 is 15.5 Å². The molecule has 2 N–H and O–H groups in total. The average Bonchev–Trinajstić information content (AvgIpc) is 2.99. The van der Waals surface area contributed by atoms with Crippen LogP contribution < -0.4 is 10.6 Å². The molecule has 6 heteroatoms. The first kappa shape index (κ1) is 17.9. The number of likely N-dealkylation sites (N-methyl/N-ethyl adjacent to an activating group) is 1. The molecule has 0 aromatic heterocycles. The fraction of sp³-hybridized carbons (Fsp3) is 0.938. The second-order valence-electron chi connectivity index (χ2n) is 6.65. The normalized spacial score (nSPS) is 29.5. The van der Waals surface area contributed by atoms with Gasteiger partial charge in [-0.1, -0.05) is 0 Å². The molecule has 3 atom stereocenters. The molecule has 0 spiro atoms. The number of nitrogens with zero attached hydrogens (tertiary/aromatic N) is 3. The number of thioether (sulfide) groups is 1. The van der Waals surface area contributed by atoms with E-state index in [1.165, 1.54) is 45.4 Å². The van der Waals surface area contributed by atoms with E-state index in [1.807, 2.05) is 18.8 Å². The Labute approximate surface area is 140 Å². The zero-order valence-electron chi connectivity index (χ0n) is 14.6. The highest BCUT2D eigenvalue weighted by Gasteiger charge is 2.25. The third-order valence-corrected chi connectivity index (χ3v) is 6.10. The first-order chi connectivity index (χ1) is 10.6. The van der Waals surface area contributed by atoms with Crippen LogP contribution in [0.3, 0.4) is 0 Å². The van der Waals surface area contributed by atoms with E-state index in [0.29, 0.717) is 12.1 Å². The molecule has 0 radical (unpaired) electrons. The van der Waals surface area contributed by atoms with Crippen LogP contribution in [-0.4, -0.2) is 86.2 Å². The second-order valence-corrected chi connectivity index (χ2v) is 7.79. The molecule has 2 aliphatic rings. The fourth-order valence-electron chi connectivity index (χ4n) is 3.31. The third kappa shape index (κ3) is 5.32. The smallest absolute Gasteiger partial charge is 0.191 e. The van der Waals surface area contributed by atoms with Gasteiger partial charge in [-0.25, -0.2) is 0 Å². The largest absolute Gasteiger partial charge is 0.355 e. The standard InChI is InChI=1S/C16H33N5S/c1-13(21-9-7-20(3)8-10-21)12-18-16(17-2)19-14-5-6-15(11-14)22-4/h13-15H,5-12H2,1-4H3,(H2,17,18,19). The average molecular weight is 328 g/mol. The van der Waals surface area contributed by atoms with Gasteiger partial charge in [0, 0.05) is 57.1 Å². The summed E-state index contributed by atoms with van der Waals surface area (Å²) in [6.45, 7) is 7.96. The summed E-state index contributed by atoms with van der Waals surface area (Å²) >= 11 is 2.00. The highest BCUT2D eigenvalue weighted by Crippen LogP contribution is 2.27. The van der Waals surface area contributed by atoms with Crippen molar-refractivity contribution in [2.24, 2.45) is 4.99 Å². The Balaban J connectivity index is 1.70. The van der Waals surface area contributed by atoms with E-state index in [-0.39, 0.29) is 0 Å². The molecule has 0 aromatic rings. The van der Waals surface area contributed by atoms with Crippen LogP contribution in [0.5, 0.6) is 0 Å². The van der Waals surface area contributed by atoms with Gasteiger partial charge >= 0.3 is 0 Å². The topological polar surface area (TPSA) is 42.9 Å². The van der Waals surface area contributed by atoms with Crippen LogP contribution in [0.15, 0.2) is 4.99 Å². The summed E-state index contributed by atoms with van der Waals surface area (Å²) in [7, 11) is 4.08. The number of aliphatic imine (C=N–C) groups is 1. The molecule has 0 aromatic carbocycles. The Morgan fingerprint density at radius 3 is 2.59 bits per heavy atom. The SMILES string of the molecule is CN=C(NCC(C)N1CCN(C)CC1)NC1CCC(SC)C1. The highest BCUT2D eigenvalue weighted by molar-refractivity contribution is 7.99. The molecule has 1 aliphatic heterocycles. The van der Waals surface area contributed by atoms with Crippen molar-refractivity contribution < 1.29 is 0 Å². The Morgan fingerprint density at radius 1 is 1.27 bits per heavy atom. The molecule has 0 amide bonds. The molecule has 1 saturated heterocycles. The lowest BCUT2D eigenvalue weighted by Gasteiger charge is -2.36. The Kier molecular flexibility index (Phi) is 7.31. The van der Waals surface area contributed by atoms with Crippen LogP contribution in [0.1, 0.15) is 26.2 Å². The molecule has 0 bridgehead atoms. The van der Waals surface area contributed by atoms with Crippen molar-refractivity contribution in [1.82, 2.24) is 20.4 Å². The predicted octanol–water partition coefficient (Wildman–Crippen LogP) is 1.07. The lowest BCUT2D eigenvalue weighted by molar-refractivity contribution is 0.120. The summed E-state index contributed by atoms with van der Waals surface area (Å²) < 4.78 is 0. The zero-order valence-corrected chi connectivity index (χ0v) is 15.5. The quantitative estimate of drug-likeness (QED) is 0.584. The molecule has 5 nitrogen and oxygen atoms in total. The minimum absolute atomic E-state index is 0.551. The maximum atomic E-state index is 4.39. The van der Waals surface area contributed by atoms with Crippen molar-refractivity contribution in [3.05, 3.63) is 0 Å². The van der Waals surface area contributed by atoms with Crippen molar-refractivity contribution in [3.63, 3.8) is 0 Å². The first-order valence-electron chi connectivity index (χ1n) is 8.55. The van der Waals surface area contributed by atoms with Gasteiger partial charge in [-0.05, 0) is 39.5 Å². The first-order valence-corrected chi connectivity index (χ1v) is 9.83. The number of rotatable bonds is 5. The number of nitrogens with one attached hydrogen (secondary N) is 2. The molecule has 128 valence electrons. The van der Waals surface area contributed by atoms with Crippen LogP contribution in [0.2, 0.25) is 0 Å². The van der Waals surface area contributed by atoms with Crippen LogP contribution in [-0.2, 0) is 0 Å². The second kappa shape index (κ2) is 8.99. The maximum absolute atomic E-state index is 4.39. The molecule has 22 heavy (non-hydrogen) atoms. The number of hydrogen-bond acceptors (Lipinski definition) is 4. The van der Waals surface area contributed by atoms with Crippen LogP contribution >= 0.6 is 11.8 Å². The minimum atomic E-state index is 0.551. The summed E-state index contributed by atoms with van der Waals surface area (Å²) in [6.07, 6.45) is 6.07. The molecule has 1 heterocycles. The van der Waals surface area contributed by atoms with Crippen molar-refractivity contribution in [3.8, 4) is 0 Å². The van der Waals surface area contributed by atoms with Crippen LogP contribution in [0, 0.1) is 0 Å². The van der Waals surface area contributed by atoms with Gasteiger partial charge in [0.05, 0.1) is 0 Å². The van der Waals surface area contributed by atoms with Gasteiger partial charge in [0.15, 0.2) is 5.96 Å². The molecule has 1 aliphatic carbocycles. The van der Waals surface area contributed by atoms with Crippen molar-refractivity contribution in [2.45, 2.75) is 43.5 Å². The van der Waals surface area contributed by atoms with Gasteiger partial charge in [0.25, 0.3) is 0 Å². The van der Waals surface area contributed by atoms with Crippen molar-refractivity contribution in [1.29, 1.82) is 0 Å². The summed E-state index contributed by atoms with van der Waals surface area (Å²) in [6, 6.07) is 1.14. The Morgan fingerprint density at radius 2 is 2.00 bits per heavy atom. The van der Waals surface area contributed by atoms with Crippen LogP contribution in [0.4, 0.5) is 0 Å². The van der Waals surface area contributed by atoms with Crippen LogP contribution in [0.25, 0.3) is 0 Å². The molecule has 1 saturated carbocycles. The summed E-state index contributed by atoms with van der Waals surface area (Å²) in [5.41, 5.74) is 0. The summed E-state index contributed by atoms with van der Waals surface area (Å²) in [5.74, 6) is 0.965. The van der Waals surface area contributed by atoms with E-state index in [0.717, 1.165) is 17.8 Å². The van der Waals surface area contributed by atoms with Crippen molar-refractivity contribution in [2.75, 3.05) is 53.1 Å². The van der Waals surface area contributed by atoms with E-state index < -0.39 is 0 Å². The van der Waals surface area contributed by atoms with Gasteiger partial charge in [-0.2, -0.15) is 11.8 Å². The van der Waals surface area contributed by atoms with Gasteiger partial charge in [-0.3, -0.25) is 9.89 Å². The predicted molar refractivity (Wildman–Crippen MR) is 98.0 cm³/mol. The van der Waals surface area contributed by atoms with Gasteiger partial charge in [-0.15, -0.1) is 0 Å². The zero-order chi connectivity index (χ0) is 15.9. The highest BCUT2D eigenvalue weighted by atomic mass is 32.2. The van der Waals surface area contributed by atoms with E-state index in [9.17, 15) is 0 Å². The van der Waals surface area contributed by atoms with E-state index in [2.05, 4.69) is 45.7 Å². The number of hydrogen-bond donors (Lipinski definition) is 2. The lowest BCUT2D eigenvalue weighted by atomic mass is 10.2. The minimum Gasteiger partial charge on any atom is -0.355 e. The van der Waals surface area contributed by atoms with E-state index >= 15 is 0 Å². The van der Waals surface area contributed by atoms with Gasteiger partial charge in [0.2, 0.25) is 0 Å². The Hall–Kier alpha value is -0.460.